The van der Waals surface area contributed by atoms with Crippen LogP contribution in [-0.2, 0) is 0 Å². The molecule has 1 fully saturated rings. The van der Waals surface area contributed by atoms with Gasteiger partial charge in [-0.2, -0.15) is 0 Å². The van der Waals surface area contributed by atoms with Gasteiger partial charge in [0.1, 0.15) is 0 Å². The molecule has 2 rings (SSSR count). The first-order chi connectivity index (χ1) is 6.27. The van der Waals surface area contributed by atoms with Gasteiger partial charge in [0.05, 0.1) is 5.37 Å². The number of H-pyrrole nitrogens is 1. The van der Waals surface area contributed by atoms with Crippen molar-refractivity contribution in [3.05, 3.63) is 33.1 Å². The average molecular weight is 199 g/mol. The van der Waals surface area contributed by atoms with Gasteiger partial charge in [-0.05, 0) is 0 Å². The van der Waals surface area contributed by atoms with Crippen LogP contribution in [0.4, 0.5) is 0 Å². The number of thioether (sulfide) groups is 1. The van der Waals surface area contributed by atoms with Crippen molar-refractivity contribution in [3.8, 4) is 0 Å². The maximum atomic E-state index is 11.3. The molecule has 0 radical (unpaired) electrons. The molecule has 1 aromatic heterocycles. The second kappa shape index (κ2) is 3.39. The Bertz CT molecular complexity index is 405. The van der Waals surface area contributed by atoms with Gasteiger partial charge in [0.25, 0.3) is 5.56 Å². The molecule has 70 valence electrons. The Morgan fingerprint density at radius 3 is 3.00 bits per heavy atom. The maximum absolute atomic E-state index is 11.3. The van der Waals surface area contributed by atoms with Gasteiger partial charge in [0, 0.05) is 24.7 Å². The lowest BCUT2D eigenvalue weighted by molar-refractivity contribution is 0.616. The van der Waals surface area contributed by atoms with Crippen LogP contribution in [0.2, 0.25) is 0 Å². The molecule has 0 aromatic carbocycles. The van der Waals surface area contributed by atoms with Gasteiger partial charge in [-0.1, -0.05) is 0 Å². The van der Waals surface area contributed by atoms with E-state index < -0.39 is 0 Å². The van der Waals surface area contributed by atoms with E-state index in [0.717, 1.165) is 12.4 Å². The minimum absolute atomic E-state index is 0.101. The number of nitrogens with one attached hydrogen (secondary N) is 2. The van der Waals surface area contributed by atoms with Crippen molar-refractivity contribution >= 4 is 11.8 Å². The summed E-state index contributed by atoms with van der Waals surface area (Å²) in [5.41, 5.74) is -0.689. The second-order valence-corrected chi connectivity index (χ2v) is 3.90. The Balaban J connectivity index is 2.40. The molecule has 1 aromatic rings. The Kier molecular flexibility index (Phi) is 2.24. The largest absolute Gasteiger partial charge is 0.329 e. The lowest BCUT2D eigenvalue weighted by atomic mass is 10.5. The summed E-state index contributed by atoms with van der Waals surface area (Å²) in [6, 6.07) is 1.36. The first-order valence-electron chi connectivity index (χ1n) is 3.91. The fourth-order valence-corrected chi connectivity index (χ4v) is 2.22. The molecule has 2 N–H and O–H groups in total. The predicted molar refractivity (Wildman–Crippen MR) is 50.8 cm³/mol. The lowest BCUT2D eigenvalue weighted by Crippen LogP contribution is -2.31. The number of hydrogen-bond acceptors (Lipinski definition) is 4. The van der Waals surface area contributed by atoms with Gasteiger partial charge in [0.15, 0.2) is 0 Å². The summed E-state index contributed by atoms with van der Waals surface area (Å²) < 4.78 is 1.53. The number of nitrogens with zero attached hydrogens (tertiary/aromatic N) is 1. The highest BCUT2D eigenvalue weighted by Gasteiger charge is 2.17. The quantitative estimate of drug-likeness (QED) is 0.629. The van der Waals surface area contributed by atoms with Crippen LogP contribution in [0.5, 0.6) is 0 Å². The first-order valence-corrected chi connectivity index (χ1v) is 4.96. The summed E-state index contributed by atoms with van der Waals surface area (Å²) in [4.78, 5) is 24.3. The molecule has 1 aliphatic heterocycles. The Morgan fingerprint density at radius 2 is 2.38 bits per heavy atom. The van der Waals surface area contributed by atoms with E-state index in [1.807, 2.05) is 0 Å². The van der Waals surface area contributed by atoms with Gasteiger partial charge in [0.2, 0.25) is 0 Å². The third kappa shape index (κ3) is 1.68. The third-order valence-electron chi connectivity index (χ3n) is 1.86. The molecule has 2 heterocycles. The van der Waals surface area contributed by atoms with Crippen LogP contribution in [0.25, 0.3) is 0 Å². The zero-order valence-corrected chi connectivity index (χ0v) is 7.63. The molecule has 13 heavy (non-hydrogen) atoms. The molecule has 6 heteroatoms. The summed E-state index contributed by atoms with van der Waals surface area (Å²) >= 11 is 1.65. The maximum Gasteiger partial charge on any atom is 0.329 e. The molecule has 0 spiro atoms. The summed E-state index contributed by atoms with van der Waals surface area (Å²) in [5, 5.41) is 3.23. The van der Waals surface area contributed by atoms with Crippen LogP contribution in [0.3, 0.4) is 0 Å². The fraction of sp³-hybridized carbons (Fsp3) is 0.429. The van der Waals surface area contributed by atoms with Gasteiger partial charge in [-0.15, -0.1) is 11.8 Å². The number of aromatic amines is 1. The van der Waals surface area contributed by atoms with Crippen LogP contribution in [0.15, 0.2) is 21.9 Å². The highest BCUT2D eigenvalue weighted by atomic mass is 32.2. The lowest BCUT2D eigenvalue weighted by Gasteiger charge is -2.09. The van der Waals surface area contributed by atoms with Crippen molar-refractivity contribution in [2.24, 2.45) is 0 Å². The summed E-state index contributed by atoms with van der Waals surface area (Å²) in [7, 11) is 0. The van der Waals surface area contributed by atoms with Crippen LogP contribution in [-0.4, -0.2) is 22.0 Å². The van der Waals surface area contributed by atoms with Crippen LogP contribution in [0, 0.1) is 0 Å². The molecular formula is C7H9N3O2S. The molecule has 1 unspecified atom stereocenters. The highest BCUT2D eigenvalue weighted by Crippen LogP contribution is 2.23. The van der Waals surface area contributed by atoms with E-state index in [0.29, 0.717) is 0 Å². The zero-order chi connectivity index (χ0) is 9.26. The molecule has 1 aliphatic rings. The fourth-order valence-electron chi connectivity index (χ4n) is 1.23. The van der Waals surface area contributed by atoms with E-state index in [1.165, 1.54) is 16.8 Å². The van der Waals surface area contributed by atoms with Gasteiger partial charge in [-0.3, -0.25) is 14.3 Å². The van der Waals surface area contributed by atoms with Crippen molar-refractivity contribution in [3.63, 3.8) is 0 Å². The number of aromatic nitrogens is 2. The van der Waals surface area contributed by atoms with E-state index in [4.69, 9.17) is 0 Å². The monoisotopic (exact) mass is 199 g/mol. The first kappa shape index (κ1) is 8.58. The molecule has 0 amide bonds. The van der Waals surface area contributed by atoms with Crippen molar-refractivity contribution in [1.82, 2.24) is 14.9 Å². The topological polar surface area (TPSA) is 66.9 Å². The average Bonchev–Trinajstić information content (AvgIpc) is 2.56. The third-order valence-corrected chi connectivity index (χ3v) is 3.01. The molecule has 0 saturated carbocycles. The Labute approximate surface area is 78.2 Å². The van der Waals surface area contributed by atoms with E-state index in [9.17, 15) is 9.59 Å². The summed E-state index contributed by atoms with van der Waals surface area (Å²) in [6.07, 6.45) is 1.53. The standard InChI is InChI=1S/C7H9N3O2S/c11-5-1-2-10(7(12)9-5)6-3-8-4-13-6/h1-2,6,8H,3-4H2,(H,9,11,12). The molecule has 0 aliphatic carbocycles. The van der Waals surface area contributed by atoms with Crippen LogP contribution >= 0.6 is 11.8 Å². The smallest absolute Gasteiger partial charge is 0.305 e. The zero-order valence-electron chi connectivity index (χ0n) is 6.82. The van der Waals surface area contributed by atoms with Crippen LogP contribution < -0.4 is 16.6 Å². The number of hydrogen-bond donors (Lipinski definition) is 2. The SMILES string of the molecule is O=c1ccn(C2CNCS2)c(=O)[nH]1. The molecule has 5 nitrogen and oxygen atoms in total. The summed E-state index contributed by atoms with van der Waals surface area (Å²) in [6.45, 7) is 0.761. The Hall–Kier alpha value is -1.01. The van der Waals surface area contributed by atoms with Crippen molar-refractivity contribution < 1.29 is 0 Å². The second-order valence-electron chi connectivity index (χ2n) is 2.74. The van der Waals surface area contributed by atoms with Gasteiger partial charge in [-0.25, -0.2) is 4.79 Å². The van der Waals surface area contributed by atoms with Gasteiger partial charge < -0.3 is 5.32 Å². The van der Waals surface area contributed by atoms with E-state index in [-0.39, 0.29) is 16.6 Å². The normalized spacial score (nSPS) is 22.0. The molecule has 1 atom stereocenters. The highest BCUT2D eigenvalue weighted by molar-refractivity contribution is 7.99. The van der Waals surface area contributed by atoms with Crippen molar-refractivity contribution in [2.45, 2.75) is 5.37 Å². The minimum Gasteiger partial charge on any atom is -0.305 e. The molecule has 1 saturated heterocycles. The van der Waals surface area contributed by atoms with Crippen molar-refractivity contribution in [1.29, 1.82) is 0 Å². The van der Waals surface area contributed by atoms with Crippen LogP contribution in [0.1, 0.15) is 5.37 Å². The molecular weight excluding hydrogens is 190 g/mol. The Morgan fingerprint density at radius 1 is 1.54 bits per heavy atom. The van der Waals surface area contributed by atoms with E-state index in [2.05, 4.69) is 10.3 Å². The molecule has 0 bridgehead atoms. The van der Waals surface area contributed by atoms with Crippen molar-refractivity contribution in [2.75, 3.05) is 12.4 Å². The minimum atomic E-state index is -0.350. The number of rotatable bonds is 1. The predicted octanol–water partition coefficient (Wildman–Crippen LogP) is -0.671. The van der Waals surface area contributed by atoms with E-state index in [1.54, 1.807) is 11.8 Å². The van der Waals surface area contributed by atoms with E-state index >= 15 is 0 Å². The summed E-state index contributed by atoms with van der Waals surface area (Å²) in [5.74, 6) is 0.843. The van der Waals surface area contributed by atoms with Gasteiger partial charge >= 0.3 is 5.69 Å².